The van der Waals surface area contributed by atoms with Crippen molar-refractivity contribution in [3.05, 3.63) is 35.9 Å². The van der Waals surface area contributed by atoms with E-state index in [4.69, 9.17) is 0 Å². The maximum absolute atomic E-state index is 14.3. The van der Waals surface area contributed by atoms with Crippen LogP contribution in [0.5, 0.6) is 0 Å². The molecule has 5 heteroatoms. The summed E-state index contributed by atoms with van der Waals surface area (Å²) in [5, 5.41) is 9.26. The van der Waals surface area contributed by atoms with Gasteiger partial charge in [-0.2, -0.15) is 8.78 Å². The molecule has 1 aromatic rings. The summed E-state index contributed by atoms with van der Waals surface area (Å²) < 4.78 is 28.5. The molecule has 3 nitrogen and oxygen atoms in total. The number of alkyl halides is 2. The Morgan fingerprint density at radius 3 is 2.65 bits per heavy atom. The number of benzene rings is 1. The van der Waals surface area contributed by atoms with Crippen LogP contribution >= 0.6 is 0 Å². The predicted molar refractivity (Wildman–Crippen MR) is 71.7 cm³/mol. The number of halogens is 2. The molecule has 1 aliphatic rings. The summed E-state index contributed by atoms with van der Waals surface area (Å²) in [7, 11) is 0. The zero-order valence-corrected chi connectivity index (χ0v) is 11.4. The summed E-state index contributed by atoms with van der Waals surface area (Å²) in [5.41, 5.74) is -0.0673. The van der Waals surface area contributed by atoms with E-state index in [9.17, 15) is 18.7 Å². The lowest BCUT2D eigenvalue weighted by Gasteiger charge is -2.38. The number of hydrogen-bond donors (Lipinski definition) is 1. The van der Waals surface area contributed by atoms with E-state index in [2.05, 4.69) is 0 Å². The minimum absolute atomic E-state index is 0.0673. The van der Waals surface area contributed by atoms with E-state index in [1.165, 1.54) is 17.0 Å². The Morgan fingerprint density at radius 1 is 1.40 bits per heavy atom. The van der Waals surface area contributed by atoms with E-state index in [0.717, 1.165) is 12.8 Å². The zero-order chi connectivity index (χ0) is 14.8. The first kappa shape index (κ1) is 14.9. The molecule has 110 valence electrons. The van der Waals surface area contributed by atoms with Crippen LogP contribution in [0.15, 0.2) is 30.3 Å². The largest absolute Gasteiger partial charge is 0.480 e. The molecule has 1 N–H and O–H groups in total. The summed E-state index contributed by atoms with van der Waals surface area (Å²) in [6.07, 6.45) is 1.53. The molecule has 0 aromatic heterocycles. The highest BCUT2D eigenvalue weighted by Crippen LogP contribution is 2.32. The lowest BCUT2D eigenvalue weighted by molar-refractivity contribution is -0.150. The van der Waals surface area contributed by atoms with Gasteiger partial charge in [0.1, 0.15) is 6.04 Å². The minimum Gasteiger partial charge on any atom is -0.480 e. The summed E-state index contributed by atoms with van der Waals surface area (Å²) in [6, 6.07) is 6.75. The van der Waals surface area contributed by atoms with Crippen LogP contribution in [0.25, 0.3) is 0 Å². The smallest absolute Gasteiger partial charge is 0.321 e. The summed E-state index contributed by atoms with van der Waals surface area (Å²) >= 11 is 0. The number of carboxylic acid groups (broad SMARTS) is 1. The molecule has 0 saturated carbocycles. The standard InChI is InChI=1S/C15H19F2NO2/c1-11-6-5-9-18(13(11)14(19)20)10-15(16,17)12-7-3-2-4-8-12/h2-4,7-8,11,13H,5-6,9-10H2,1H3,(H,19,20). The van der Waals surface area contributed by atoms with Crippen LogP contribution in [-0.4, -0.2) is 35.1 Å². The number of nitrogens with zero attached hydrogens (tertiary/aromatic N) is 1. The van der Waals surface area contributed by atoms with Gasteiger partial charge in [-0.25, -0.2) is 0 Å². The van der Waals surface area contributed by atoms with Crippen molar-refractivity contribution in [2.45, 2.75) is 31.7 Å². The number of likely N-dealkylation sites (tertiary alicyclic amines) is 1. The minimum atomic E-state index is -3.04. The summed E-state index contributed by atoms with van der Waals surface area (Å²) in [6.45, 7) is 1.67. The van der Waals surface area contributed by atoms with Gasteiger partial charge in [0.05, 0.1) is 6.54 Å². The van der Waals surface area contributed by atoms with Gasteiger partial charge in [-0.3, -0.25) is 9.69 Å². The number of rotatable bonds is 4. The van der Waals surface area contributed by atoms with Crippen molar-refractivity contribution in [2.75, 3.05) is 13.1 Å². The second kappa shape index (κ2) is 5.87. The van der Waals surface area contributed by atoms with Gasteiger partial charge in [-0.05, 0) is 25.3 Å². The molecule has 20 heavy (non-hydrogen) atoms. The Morgan fingerprint density at radius 2 is 2.05 bits per heavy atom. The summed E-state index contributed by atoms with van der Waals surface area (Å²) in [4.78, 5) is 12.7. The van der Waals surface area contributed by atoms with Gasteiger partial charge >= 0.3 is 5.97 Å². The summed E-state index contributed by atoms with van der Waals surface area (Å²) in [5.74, 6) is -4.15. The highest BCUT2D eigenvalue weighted by atomic mass is 19.3. The molecular formula is C15H19F2NO2. The monoisotopic (exact) mass is 283 g/mol. The number of carbonyl (C=O) groups is 1. The molecular weight excluding hydrogens is 264 g/mol. The molecule has 1 aromatic carbocycles. The molecule has 0 bridgehead atoms. The van der Waals surface area contributed by atoms with Gasteiger partial charge in [-0.1, -0.05) is 37.3 Å². The SMILES string of the molecule is CC1CCCN(CC(F)(F)c2ccccc2)C1C(=O)O. The highest BCUT2D eigenvalue weighted by molar-refractivity contribution is 5.74. The van der Waals surface area contributed by atoms with Crippen LogP contribution in [0.2, 0.25) is 0 Å². The fraction of sp³-hybridized carbons (Fsp3) is 0.533. The number of aliphatic carboxylic acids is 1. The lowest BCUT2D eigenvalue weighted by atomic mass is 9.90. The fourth-order valence-corrected chi connectivity index (χ4v) is 2.88. The van der Waals surface area contributed by atoms with Gasteiger partial charge in [0.2, 0.25) is 0 Å². The first-order valence-corrected chi connectivity index (χ1v) is 6.82. The molecule has 1 aliphatic heterocycles. The Bertz CT molecular complexity index is 464. The Hall–Kier alpha value is -1.49. The molecule has 1 fully saturated rings. The van der Waals surface area contributed by atoms with Crippen molar-refractivity contribution in [3.8, 4) is 0 Å². The van der Waals surface area contributed by atoms with Crippen molar-refractivity contribution in [2.24, 2.45) is 5.92 Å². The van der Waals surface area contributed by atoms with E-state index in [0.29, 0.717) is 6.54 Å². The third-order valence-electron chi connectivity index (χ3n) is 3.89. The van der Waals surface area contributed by atoms with Crippen LogP contribution in [0, 0.1) is 5.92 Å². The van der Waals surface area contributed by atoms with Gasteiger partial charge < -0.3 is 5.11 Å². The number of hydrogen-bond acceptors (Lipinski definition) is 2. The Labute approximate surface area is 117 Å². The molecule has 1 saturated heterocycles. The average Bonchev–Trinajstić information content (AvgIpc) is 2.39. The second-order valence-corrected chi connectivity index (χ2v) is 5.44. The van der Waals surface area contributed by atoms with Crippen LogP contribution in [0.3, 0.4) is 0 Å². The Kier molecular flexibility index (Phi) is 4.38. The highest BCUT2D eigenvalue weighted by Gasteiger charge is 2.41. The lowest BCUT2D eigenvalue weighted by Crippen LogP contribution is -2.52. The normalized spacial score (nSPS) is 24.6. The topological polar surface area (TPSA) is 40.5 Å². The predicted octanol–water partition coefficient (Wildman–Crippen LogP) is 2.96. The van der Waals surface area contributed by atoms with Gasteiger partial charge in [0, 0.05) is 5.56 Å². The number of piperidine rings is 1. The van der Waals surface area contributed by atoms with Crippen molar-refractivity contribution in [3.63, 3.8) is 0 Å². The van der Waals surface area contributed by atoms with Crippen LogP contribution in [0.1, 0.15) is 25.3 Å². The molecule has 1 heterocycles. The number of carboxylic acids is 1. The quantitative estimate of drug-likeness (QED) is 0.923. The van der Waals surface area contributed by atoms with Crippen molar-refractivity contribution >= 4 is 5.97 Å². The first-order valence-electron chi connectivity index (χ1n) is 6.82. The Balaban J connectivity index is 2.16. The first-order chi connectivity index (χ1) is 9.42. The van der Waals surface area contributed by atoms with E-state index in [1.807, 2.05) is 6.92 Å². The van der Waals surface area contributed by atoms with E-state index >= 15 is 0 Å². The van der Waals surface area contributed by atoms with Gasteiger partial charge in [0.25, 0.3) is 5.92 Å². The van der Waals surface area contributed by atoms with Crippen LogP contribution in [0.4, 0.5) is 8.78 Å². The fourth-order valence-electron chi connectivity index (χ4n) is 2.88. The van der Waals surface area contributed by atoms with E-state index < -0.39 is 24.5 Å². The van der Waals surface area contributed by atoms with Gasteiger partial charge in [-0.15, -0.1) is 0 Å². The zero-order valence-electron chi connectivity index (χ0n) is 11.4. The van der Waals surface area contributed by atoms with Crippen LogP contribution < -0.4 is 0 Å². The third kappa shape index (κ3) is 3.15. The van der Waals surface area contributed by atoms with E-state index in [-0.39, 0.29) is 11.5 Å². The molecule has 2 rings (SSSR count). The van der Waals surface area contributed by atoms with Crippen molar-refractivity contribution in [1.29, 1.82) is 0 Å². The second-order valence-electron chi connectivity index (χ2n) is 5.44. The maximum atomic E-state index is 14.3. The molecule has 0 aliphatic carbocycles. The molecule has 0 spiro atoms. The van der Waals surface area contributed by atoms with Crippen molar-refractivity contribution < 1.29 is 18.7 Å². The van der Waals surface area contributed by atoms with E-state index in [1.54, 1.807) is 18.2 Å². The molecule has 2 atom stereocenters. The van der Waals surface area contributed by atoms with Crippen LogP contribution in [-0.2, 0) is 10.7 Å². The molecule has 0 amide bonds. The van der Waals surface area contributed by atoms with Gasteiger partial charge in [0.15, 0.2) is 0 Å². The maximum Gasteiger partial charge on any atom is 0.321 e. The third-order valence-corrected chi connectivity index (χ3v) is 3.89. The molecule has 0 radical (unpaired) electrons. The average molecular weight is 283 g/mol. The van der Waals surface area contributed by atoms with Crippen molar-refractivity contribution in [1.82, 2.24) is 4.90 Å². The molecule has 2 unspecified atom stereocenters.